The van der Waals surface area contributed by atoms with E-state index in [9.17, 15) is 0 Å². The molecule has 0 aliphatic rings. The molecular formula is C36H23N4OP. The number of fused-ring (bicyclic) bond motifs is 8. The largest absolute Gasteiger partial charge is 0.307 e. The molecule has 0 atom stereocenters. The molecule has 4 aromatic heterocycles. The van der Waals surface area contributed by atoms with Crippen LogP contribution in [0.25, 0.3) is 54.9 Å². The van der Waals surface area contributed by atoms with Crippen LogP contribution in [-0.2, 0) is 4.57 Å². The number of hydrogen-bond acceptors (Lipinski definition) is 5. The molecular weight excluding hydrogens is 535 g/mol. The Kier molecular flexibility index (Phi) is 5.66. The van der Waals surface area contributed by atoms with Gasteiger partial charge < -0.3 is 4.57 Å². The van der Waals surface area contributed by atoms with Crippen LogP contribution in [0.15, 0.2) is 140 Å². The fourth-order valence-corrected chi connectivity index (χ4v) is 8.51. The Balaban J connectivity index is 1.50. The van der Waals surface area contributed by atoms with Crippen molar-refractivity contribution in [3.8, 4) is 11.4 Å². The van der Waals surface area contributed by atoms with E-state index in [0.29, 0.717) is 11.1 Å². The Morgan fingerprint density at radius 2 is 1.05 bits per heavy atom. The van der Waals surface area contributed by atoms with Gasteiger partial charge in [0, 0.05) is 49.9 Å². The smallest absolute Gasteiger partial charge is 0.188 e. The predicted octanol–water partition coefficient (Wildman–Crippen LogP) is 7.19. The van der Waals surface area contributed by atoms with Gasteiger partial charge in [0.1, 0.15) is 5.44 Å². The van der Waals surface area contributed by atoms with Crippen molar-refractivity contribution in [2.24, 2.45) is 0 Å². The molecule has 0 radical (unpaired) electrons. The molecule has 0 aliphatic carbocycles. The van der Waals surface area contributed by atoms with E-state index in [0.717, 1.165) is 59.8 Å². The molecule has 0 bridgehead atoms. The second-order valence-electron chi connectivity index (χ2n) is 10.2. The van der Waals surface area contributed by atoms with Gasteiger partial charge in [0.15, 0.2) is 7.14 Å². The van der Waals surface area contributed by atoms with E-state index >= 15 is 4.57 Å². The molecule has 0 saturated carbocycles. The van der Waals surface area contributed by atoms with Crippen LogP contribution < -0.4 is 16.0 Å². The monoisotopic (exact) mass is 558 g/mol. The van der Waals surface area contributed by atoms with E-state index < -0.39 is 7.14 Å². The number of hydrogen-bond donors (Lipinski definition) is 0. The number of aromatic nitrogens is 4. The summed E-state index contributed by atoms with van der Waals surface area (Å²) in [5, 5.41) is 6.49. The third-order valence-electron chi connectivity index (χ3n) is 7.81. The van der Waals surface area contributed by atoms with Gasteiger partial charge in [0.2, 0.25) is 0 Å². The van der Waals surface area contributed by atoms with Crippen LogP contribution in [0.5, 0.6) is 0 Å². The molecule has 6 heteroatoms. The highest BCUT2D eigenvalue weighted by Crippen LogP contribution is 2.44. The normalized spacial score (nSPS) is 11.9. The van der Waals surface area contributed by atoms with Gasteiger partial charge in [0.25, 0.3) is 0 Å². The van der Waals surface area contributed by atoms with E-state index in [-0.39, 0.29) is 0 Å². The van der Waals surface area contributed by atoms with Crippen LogP contribution in [0, 0.1) is 0 Å². The lowest BCUT2D eigenvalue weighted by Gasteiger charge is -2.20. The number of pyridine rings is 4. The molecule has 0 saturated heterocycles. The lowest BCUT2D eigenvalue weighted by Crippen LogP contribution is -2.27. The predicted molar refractivity (Wildman–Crippen MR) is 172 cm³/mol. The topological polar surface area (TPSA) is 68.6 Å². The average molecular weight is 559 g/mol. The fourth-order valence-electron chi connectivity index (χ4n) is 5.95. The van der Waals surface area contributed by atoms with Gasteiger partial charge in [-0.2, -0.15) is 0 Å². The van der Waals surface area contributed by atoms with Crippen LogP contribution in [0.2, 0.25) is 0 Å². The van der Waals surface area contributed by atoms with Gasteiger partial charge in [-0.3, -0.25) is 9.97 Å². The van der Waals surface area contributed by atoms with Crippen molar-refractivity contribution in [1.82, 2.24) is 19.9 Å². The lowest BCUT2D eigenvalue weighted by molar-refractivity contribution is 0.592. The first-order valence-corrected chi connectivity index (χ1v) is 15.5. The van der Waals surface area contributed by atoms with E-state index in [4.69, 9.17) is 19.9 Å². The molecule has 42 heavy (non-hydrogen) atoms. The quantitative estimate of drug-likeness (QED) is 0.169. The van der Waals surface area contributed by atoms with Crippen molar-refractivity contribution in [3.63, 3.8) is 0 Å². The highest BCUT2D eigenvalue weighted by atomic mass is 31.2. The maximum Gasteiger partial charge on any atom is 0.188 e. The summed E-state index contributed by atoms with van der Waals surface area (Å²) in [6.07, 6.45) is 3.60. The summed E-state index contributed by atoms with van der Waals surface area (Å²) in [6.45, 7) is 0. The highest BCUT2D eigenvalue weighted by molar-refractivity contribution is 7.85. The van der Waals surface area contributed by atoms with Crippen LogP contribution >= 0.6 is 7.14 Å². The summed E-state index contributed by atoms with van der Waals surface area (Å²) in [5.74, 6) is 0. The molecule has 0 fully saturated rings. The average Bonchev–Trinajstić information content (AvgIpc) is 3.08. The van der Waals surface area contributed by atoms with Gasteiger partial charge >= 0.3 is 0 Å². The molecule has 5 nitrogen and oxygen atoms in total. The second-order valence-corrected chi connectivity index (χ2v) is 12.9. The molecule has 4 heterocycles. The maximum atomic E-state index is 15.2. The summed E-state index contributed by atoms with van der Waals surface area (Å²) < 4.78 is 15.2. The van der Waals surface area contributed by atoms with Gasteiger partial charge in [0.05, 0.1) is 27.9 Å². The Morgan fingerprint density at radius 1 is 0.476 bits per heavy atom. The first-order valence-electron chi connectivity index (χ1n) is 13.8. The van der Waals surface area contributed by atoms with Crippen LogP contribution in [0.1, 0.15) is 0 Å². The summed E-state index contributed by atoms with van der Waals surface area (Å²) in [6, 6.07) is 41.2. The number of nitrogens with zero attached hydrogens (tertiary/aromatic N) is 4. The lowest BCUT2D eigenvalue weighted by atomic mass is 9.94. The standard InChI is InChI=1S/C36H23N4OP/c41-42(24-12-3-1-4-13-24,25-14-5-2-6-15-25)31-21-9-20-30(39-31)36-33-28-18-11-23-38-35(28)34-27(17-10-22-37-34)32(33)26-16-7-8-19-29(26)40-36/h1-23H. The Morgan fingerprint density at radius 3 is 1.71 bits per heavy atom. The number of rotatable bonds is 4. The Hall–Kier alpha value is -5.25. The van der Waals surface area contributed by atoms with Gasteiger partial charge in [-0.1, -0.05) is 97.1 Å². The first-order chi connectivity index (χ1) is 20.7. The Labute approximate surface area is 241 Å². The minimum atomic E-state index is -3.28. The molecule has 0 unspecified atom stereocenters. The number of benzene rings is 4. The van der Waals surface area contributed by atoms with E-state index in [2.05, 4.69) is 18.2 Å². The van der Waals surface area contributed by atoms with E-state index in [1.165, 1.54) is 0 Å². The van der Waals surface area contributed by atoms with Crippen molar-refractivity contribution in [3.05, 3.63) is 140 Å². The maximum absolute atomic E-state index is 15.2. The van der Waals surface area contributed by atoms with Crippen molar-refractivity contribution in [2.45, 2.75) is 0 Å². The summed E-state index contributed by atoms with van der Waals surface area (Å²) in [5.41, 5.74) is 4.42. The minimum absolute atomic E-state index is 0.519. The third-order valence-corrected chi connectivity index (χ3v) is 10.8. The molecule has 0 spiro atoms. The molecule has 8 rings (SSSR count). The van der Waals surface area contributed by atoms with Crippen LogP contribution in [0.4, 0.5) is 0 Å². The van der Waals surface area contributed by atoms with E-state index in [1.807, 2.05) is 115 Å². The fraction of sp³-hybridized carbons (Fsp3) is 0. The molecule has 4 aromatic carbocycles. The zero-order chi connectivity index (χ0) is 28.1. The molecule has 8 aromatic rings. The van der Waals surface area contributed by atoms with Crippen molar-refractivity contribution in [2.75, 3.05) is 0 Å². The molecule has 0 amide bonds. The third kappa shape index (κ3) is 3.68. The highest BCUT2D eigenvalue weighted by Gasteiger charge is 2.31. The van der Waals surface area contributed by atoms with Crippen molar-refractivity contribution >= 4 is 66.7 Å². The Bertz CT molecular complexity index is 2300. The summed E-state index contributed by atoms with van der Waals surface area (Å²) >= 11 is 0. The zero-order valence-corrected chi connectivity index (χ0v) is 23.3. The van der Waals surface area contributed by atoms with Crippen LogP contribution in [-0.4, -0.2) is 19.9 Å². The van der Waals surface area contributed by atoms with Crippen molar-refractivity contribution in [1.29, 1.82) is 0 Å². The van der Waals surface area contributed by atoms with E-state index in [1.54, 1.807) is 6.20 Å². The molecule has 0 N–H and O–H groups in total. The van der Waals surface area contributed by atoms with Crippen molar-refractivity contribution < 1.29 is 4.57 Å². The molecule has 198 valence electrons. The summed E-state index contributed by atoms with van der Waals surface area (Å²) in [7, 11) is -3.28. The minimum Gasteiger partial charge on any atom is -0.307 e. The van der Waals surface area contributed by atoms with Crippen LogP contribution in [0.3, 0.4) is 0 Å². The molecule has 0 aliphatic heterocycles. The first kappa shape index (κ1) is 24.5. The number of para-hydroxylation sites is 1. The summed E-state index contributed by atoms with van der Waals surface area (Å²) in [4.78, 5) is 19.9. The SMILES string of the molecule is O=P(c1ccccc1)(c1ccccc1)c1cccc(-c2nc3ccccc3c3c4cccnc4c4ncccc4c23)n1. The van der Waals surface area contributed by atoms with Gasteiger partial charge in [-0.05, 0) is 30.3 Å². The van der Waals surface area contributed by atoms with Gasteiger partial charge in [-0.25, -0.2) is 9.97 Å². The van der Waals surface area contributed by atoms with Gasteiger partial charge in [-0.15, -0.1) is 0 Å². The zero-order valence-electron chi connectivity index (χ0n) is 22.4. The second kappa shape index (κ2) is 9.69.